The number of methoxy groups -OCH3 is 2. The molecule has 0 saturated carbocycles. The van der Waals surface area contributed by atoms with Gasteiger partial charge in [-0.2, -0.15) is 9.36 Å². The number of aromatic nitrogens is 5. The van der Waals surface area contributed by atoms with Gasteiger partial charge in [-0.3, -0.25) is 0 Å². The molecular formula is C19H17ClN6O2S. The van der Waals surface area contributed by atoms with Crippen LogP contribution in [0.1, 0.15) is 5.69 Å². The predicted octanol–water partition coefficient (Wildman–Crippen LogP) is 4.51. The number of halogens is 1. The maximum Gasteiger partial charge on any atom is 0.207 e. The van der Waals surface area contributed by atoms with Crippen molar-refractivity contribution < 1.29 is 9.47 Å². The van der Waals surface area contributed by atoms with Gasteiger partial charge in [0.25, 0.3) is 0 Å². The lowest BCUT2D eigenvalue weighted by Gasteiger charge is -2.06. The molecule has 10 heteroatoms. The first-order valence-corrected chi connectivity index (χ1v) is 9.75. The smallest absolute Gasteiger partial charge is 0.207 e. The molecule has 0 fully saturated rings. The predicted molar refractivity (Wildman–Crippen MR) is 113 cm³/mol. The van der Waals surface area contributed by atoms with Gasteiger partial charge in [0.2, 0.25) is 5.13 Å². The van der Waals surface area contributed by atoms with Crippen LogP contribution in [0.25, 0.3) is 17.2 Å². The number of nitrogens with zero attached hydrogens (tertiary/aromatic N) is 5. The number of nitrogens with one attached hydrogen (secondary N) is 1. The Bertz CT molecular complexity index is 1160. The minimum Gasteiger partial charge on any atom is -0.497 e. The van der Waals surface area contributed by atoms with Crippen molar-refractivity contribution in [1.82, 2.24) is 24.4 Å². The molecule has 0 spiro atoms. The van der Waals surface area contributed by atoms with Crippen LogP contribution in [0.5, 0.6) is 11.5 Å². The third kappa shape index (κ3) is 3.87. The standard InChI is InChI=1S/C19H17ClN6O2S/c1-11-17(23-25-26(11)13-5-4-6-14(10-13)27-2)18-22-19(29-24-18)21-12-7-8-16(28-3)15(20)9-12/h4-10H,1-3H3,(H,21,22,24). The molecule has 0 aliphatic rings. The van der Waals surface area contributed by atoms with Crippen LogP contribution in [0.15, 0.2) is 42.5 Å². The number of rotatable bonds is 6. The molecule has 148 valence electrons. The molecule has 4 rings (SSSR count). The van der Waals surface area contributed by atoms with Gasteiger partial charge in [0.1, 0.15) is 11.5 Å². The molecule has 0 aliphatic heterocycles. The molecular weight excluding hydrogens is 412 g/mol. The van der Waals surface area contributed by atoms with Crippen molar-refractivity contribution in [2.45, 2.75) is 6.92 Å². The van der Waals surface area contributed by atoms with Gasteiger partial charge in [0.05, 0.1) is 30.6 Å². The minimum atomic E-state index is 0.503. The highest BCUT2D eigenvalue weighted by molar-refractivity contribution is 7.09. The van der Waals surface area contributed by atoms with E-state index in [0.29, 0.717) is 27.4 Å². The van der Waals surface area contributed by atoms with Crippen LogP contribution in [-0.4, -0.2) is 38.6 Å². The summed E-state index contributed by atoms with van der Waals surface area (Å²) >= 11 is 7.40. The van der Waals surface area contributed by atoms with E-state index in [1.54, 1.807) is 31.0 Å². The van der Waals surface area contributed by atoms with E-state index in [-0.39, 0.29) is 0 Å². The number of anilines is 2. The molecule has 2 heterocycles. The van der Waals surface area contributed by atoms with Gasteiger partial charge >= 0.3 is 0 Å². The summed E-state index contributed by atoms with van der Waals surface area (Å²) in [5, 5.41) is 12.8. The fourth-order valence-electron chi connectivity index (χ4n) is 2.76. The van der Waals surface area contributed by atoms with Gasteiger partial charge in [-0.1, -0.05) is 22.9 Å². The second-order valence-electron chi connectivity index (χ2n) is 6.03. The third-order valence-electron chi connectivity index (χ3n) is 4.23. The molecule has 2 aromatic heterocycles. The average molecular weight is 429 g/mol. The van der Waals surface area contributed by atoms with Crippen molar-refractivity contribution in [1.29, 1.82) is 0 Å². The van der Waals surface area contributed by atoms with Crippen LogP contribution in [0.2, 0.25) is 5.02 Å². The summed E-state index contributed by atoms with van der Waals surface area (Å²) in [5.41, 5.74) is 3.08. The van der Waals surface area contributed by atoms with E-state index >= 15 is 0 Å². The van der Waals surface area contributed by atoms with Gasteiger partial charge in [0.15, 0.2) is 11.5 Å². The first-order chi connectivity index (χ1) is 14.1. The summed E-state index contributed by atoms with van der Waals surface area (Å²) in [7, 11) is 3.20. The first-order valence-electron chi connectivity index (χ1n) is 8.60. The molecule has 0 bridgehead atoms. The van der Waals surface area contributed by atoms with Crippen LogP contribution in [0, 0.1) is 6.92 Å². The first kappa shape index (κ1) is 19.2. The Labute approximate surface area is 176 Å². The van der Waals surface area contributed by atoms with Crippen LogP contribution < -0.4 is 14.8 Å². The lowest BCUT2D eigenvalue weighted by Crippen LogP contribution is -1.99. The van der Waals surface area contributed by atoms with Crippen molar-refractivity contribution in [2.75, 3.05) is 19.5 Å². The molecule has 29 heavy (non-hydrogen) atoms. The maximum atomic E-state index is 6.17. The topological polar surface area (TPSA) is 87.0 Å². The van der Waals surface area contributed by atoms with Crippen LogP contribution in [-0.2, 0) is 0 Å². The third-order valence-corrected chi connectivity index (χ3v) is 5.16. The lowest BCUT2D eigenvalue weighted by molar-refractivity contribution is 0.414. The number of hydrogen-bond donors (Lipinski definition) is 1. The highest BCUT2D eigenvalue weighted by Gasteiger charge is 2.17. The second-order valence-corrected chi connectivity index (χ2v) is 7.19. The Morgan fingerprint density at radius 1 is 1.10 bits per heavy atom. The lowest BCUT2D eigenvalue weighted by atomic mass is 10.2. The van der Waals surface area contributed by atoms with Crippen molar-refractivity contribution in [3.05, 3.63) is 53.2 Å². The molecule has 0 atom stereocenters. The SMILES string of the molecule is COc1cccc(-n2nnc(-c3nsc(Nc4ccc(OC)c(Cl)c4)n3)c2C)c1. The Hall–Kier alpha value is -3.17. The summed E-state index contributed by atoms with van der Waals surface area (Å²) in [4.78, 5) is 4.53. The zero-order chi connectivity index (χ0) is 20.4. The normalized spacial score (nSPS) is 10.8. The summed E-state index contributed by atoms with van der Waals surface area (Å²) in [6, 6.07) is 13.0. The van der Waals surface area contributed by atoms with Crippen molar-refractivity contribution in [3.63, 3.8) is 0 Å². The van der Waals surface area contributed by atoms with E-state index in [1.165, 1.54) is 11.5 Å². The maximum absolute atomic E-state index is 6.17. The van der Waals surface area contributed by atoms with Crippen molar-refractivity contribution in [2.24, 2.45) is 0 Å². The van der Waals surface area contributed by atoms with E-state index in [4.69, 9.17) is 21.1 Å². The van der Waals surface area contributed by atoms with Crippen LogP contribution >= 0.6 is 23.1 Å². The highest BCUT2D eigenvalue weighted by Crippen LogP contribution is 2.30. The molecule has 0 aliphatic carbocycles. The Morgan fingerprint density at radius 3 is 2.72 bits per heavy atom. The molecule has 0 amide bonds. The van der Waals surface area contributed by atoms with Gasteiger partial charge < -0.3 is 14.8 Å². The molecule has 0 unspecified atom stereocenters. The Balaban J connectivity index is 1.58. The zero-order valence-electron chi connectivity index (χ0n) is 15.9. The summed E-state index contributed by atoms with van der Waals surface area (Å²) in [5.74, 6) is 1.86. The Kier molecular flexibility index (Phi) is 5.32. The van der Waals surface area contributed by atoms with Gasteiger partial charge in [-0.25, -0.2) is 4.68 Å². The van der Waals surface area contributed by atoms with E-state index in [1.807, 2.05) is 37.3 Å². The number of hydrogen-bond acceptors (Lipinski definition) is 8. The average Bonchev–Trinajstić information content (AvgIpc) is 3.34. The number of ether oxygens (including phenoxy) is 2. The highest BCUT2D eigenvalue weighted by atomic mass is 35.5. The van der Waals surface area contributed by atoms with Crippen LogP contribution in [0.4, 0.5) is 10.8 Å². The molecule has 8 nitrogen and oxygen atoms in total. The van der Waals surface area contributed by atoms with Crippen molar-refractivity contribution in [3.8, 4) is 28.7 Å². The summed E-state index contributed by atoms with van der Waals surface area (Å²) in [6.07, 6.45) is 0. The van der Waals surface area contributed by atoms with Gasteiger partial charge in [-0.05, 0) is 37.3 Å². The molecule has 0 saturated heterocycles. The fraction of sp³-hybridized carbons (Fsp3) is 0.158. The van der Waals surface area contributed by atoms with E-state index in [2.05, 4.69) is 25.0 Å². The van der Waals surface area contributed by atoms with Crippen molar-refractivity contribution >= 4 is 34.0 Å². The van der Waals surface area contributed by atoms with E-state index in [9.17, 15) is 0 Å². The van der Waals surface area contributed by atoms with E-state index < -0.39 is 0 Å². The minimum absolute atomic E-state index is 0.503. The summed E-state index contributed by atoms with van der Waals surface area (Å²) < 4.78 is 16.6. The number of benzene rings is 2. The molecule has 1 N–H and O–H groups in total. The van der Waals surface area contributed by atoms with Gasteiger partial charge in [0, 0.05) is 23.3 Å². The van der Waals surface area contributed by atoms with Crippen LogP contribution in [0.3, 0.4) is 0 Å². The molecule has 0 radical (unpaired) electrons. The quantitative estimate of drug-likeness (QED) is 0.483. The molecule has 4 aromatic rings. The summed E-state index contributed by atoms with van der Waals surface area (Å²) in [6.45, 7) is 1.92. The van der Waals surface area contributed by atoms with E-state index in [0.717, 1.165) is 22.8 Å². The second kappa shape index (κ2) is 8.06. The largest absolute Gasteiger partial charge is 0.497 e. The fourth-order valence-corrected chi connectivity index (χ4v) is 3.61. The zero-order valence-corrected chi connectivity index (χ0v) is 17.5. The monoisotopic (exact) mass is 428 g/mol. The molecule has 2 aromatic carbocycles. The van der Waals surface area contributed by atoms with Gasteiger partial charge in [-0.15, -0.1) is 5.10 Å². The Morgan fingerprint density at radius 2 is 1.97 bits per heavy atom.